The monoisotopic (exact) mass is 298 g/mol. The SMILES string of the molecule is CCCn1ncc(NCC2CCCN2CC)c(Cl)c1=O. The first-order valence-electron chi connectivity index (χ1n) is 7.40. The van der Waals surface area contributed by atoms with E-state index in [9.17, 15) is 4.79 Å². The summed E-state index contributed by atoms with van der Waals surface area (Å²) in [5.41, 5.74) is 0.434. The lowest BCUT2D eigenvalue weighted by Crippen LogP contribution is -2.35. The second-order valence-corrected chi connectivity index (χ2v) is 5.58. The maximum absolute atomic E-state index is 12.0. The third kappa shape index (κ3) is 3.33. The summed E-state index contributed by atoms with van der Waals surface area (Å²) < 4.78 is 1.42. The molecule has 1 unspecified atom stereocenters. The van der Waals surface area contributed by atoms with Gasteiger partial charge in [-0.05, 0) is 32.4 Å². The molecule has 1 N–H and O–H groups in total. The average Bonchev–Trinajstić information content (AvgIpc) is 2.91. The molecule has 6 heteroatoms. The van der Waals surface area contributed by atoms with Crippen LogP contribution in [0.15, 0.2) is 11.0 Å². The summed E-state index contributed by atoms with van der Waals surface area (Å²) in [6, 6.07) is 0.522. The largest absolute Gasteiger partial charge is 0.381 e. The molecule has 0 aliphatic carbocycles. The minimum absolute atomic E-state index is 0.211. The third-order valence-electron chi connectivity index (χ3n) is 3.85. The van der Waals surface area contributed by atoms with Crippen molar-refractivity contribution in [3.8, 4) is 0 Å². The highest BCUT2D eigenvalue weighted by molar-refractivity contribution is 6.32. The first kappa shape index (κ1) is 15.3. The molecule has 1 atom stereocenters. The Bertz CT molecular complexity index is 502. The van der Waals surface area contributed by atoms with Crippen LogP contribution in [0.4, 0.5) is 5.69 Å². The molecular weight excluding hydrogens is 276 g/mol. The number of likely N-dealkylation sites (N-methyl/N-ethyl adjacent to an activating group) is 1. The van der Waals surface area contributed by atoms with Crippen molar-refractivity contribution in [2.45, 2.75) is 45.7 Å². The Morgan fingerprint density at radius 3 is 3.00 bits per heavy atom. The second-order valence-electron chi connectivity index (χ2n) is 5.21. The van der Waals surface area contributed by atoms with Gasteiger partial charge in [0.2, 0.25) is 0 Å². The Morgan fingerprint density at radius 2 is 2.30 bits per heavy atom. The van der Waals surface area contributed by atoms with E-state index in [2.05, 4.69) is 22.2 Å². The number of aryl methyl sites for hydroxylation is 1. The van der Waals surface area contributed by atoms with Gasteiger partial charge in [0.05, 0.1) is 11.9 Å². The van der Waals surface area contributed by atoms with Crippen molar-refractivity contribution in [3.63, 3.8) is 0 Å². The maximum Gasteiger partial charge on any atom is 0.287 e. The van der Waals surface area contributed by atoms with Gasteiger partial charge >= 0.3 is 0 Å². The number of anilines is 1. The lowest BCUT2D eigenvalue weighted by atomic mass is 10.2. The molecule has 1 aliphatic heterocycles. The van der Waals surface area contributed by atoms with Crippen LogP contribution in [-0.2, 0) is 6.54 Å². The van der Waals surface area contributed by atoms with Gasteiger partial charge < -0.3 is 5.32 Å². The smallest absolute Gasteiger partial charge is 0.287 e. The summed E-state index contributed by atoms with van der Waals surface area (Å²) in [7, 11) is 0. The lowest BCUT2D eigenvalue weighted by Gasteiger charge is -2.23. The molecule has 0 radical (unpaired) electrons. The standard InChI is InChI=1S/C14H23ClN4O/c1-3-7-19-14(20)13(15)12(10-17-19)16-9-11-6-5-8-18(11)4-2/h10-11,16H,3-9H2,1-2H3. The van der Waals surface area contributed by atoms with Gasteiger partial charge in [-0.2, -0.15) is 5.10 Å². The van der Waals surface area contributed by atoms with Crippen molar-refractivity contribution in [2.75, 3.05) is 25.0 Å². The highest BCUT2D eigenvalue weighted by atomic mass is 35.5. The Kier molecular flexibility index (Phi) is 5.43. The van der Waals surface area contributed by atoms with Crippen LogP contribution in [0.3, 0.4) is 0 Å². The molecule has 1 saturated heterocycles. The fourth-order valence-electron chi connectivity index (χ4n) is 2.73. The molecule has 1 aromatic rings. The zero-order valence-corrected chi connectivity index (χ0v) is 13.0. The molecule has 1 aliphatic rings. The summed E-state index contributed by atoms with van der Waals surface area (Å²) in [5, 5.41) is 7.68. The number of likely N-dealkylation sites (tertiary alicyclic amines) is 1. The van der Waals surface area contributed by atoms with Crippen LogP contribution in [0.5, 0.6) is 0 Å². The quantitative estimate of drug-likeness (QED) is 0.875. The van der Waals surface area contributed by atoms with Crippen LogP contribution in [0, 0.1) is 0 Å². The zero-order valence-electron chi connectivity index (χ0n) is 12.2. The first-order chi connectivity index (χ1) is 9.67. The molecule has 2 heterocycles. The number of nitrogens with zero attached hydrogens (tertiary/aromatic N) is 3. The maximum atomic E-state index is 12.0. The minimum Gasteiger partial charge on any atom is -0.381 e. The third-order valence-corrected chi connectivity index (χ3v) is 4.22. The van der Waals surface area contributed by atoms with E-state index in [4.69, 9.17) is 11.6 Å². The zero-order chi connectivity index (χ0) is 14.5. The fourth-order valence-corrected chi connectivity index (χ4v) is 2.94. The molecule has 1 aromatic heterocycles. The Morgan fingerprint density at radius 1 is 1.50 bits per heavy atom. The molecular formula is C14H23ClN4O. The van der Waals surface area contributed by atoms with Crippen LogP contribution in [0.1, 0.15) is 33.1 Å². The molecule has 5 nitrogen and oxygen atoms in total. The Labute approximate surface area is 124 Å². The van der Waals surface area contributed by atoms with Gasteiger partial charge in [-0.3, -0.25) is 9.69 Å². The Hall–Kier alpha value is -1.07. The van der Waals surface area contributed by atoms with E-state index in [1.807, 2.05) is 6.92 Å². The summed E-state index contributed by atoms with van der Waals surface area (Å²) in [5.74, 6) is 0. The molecule has 0 spiro atoms. The van der Waals surface area contributed by atoms with Crippen LogP contribution in [0.2, 0.25) is 5.02 Å². The van der Waals surface area contributed by atoms with Gasteiger partial charge in [0.25, 0.3) is 5.56 Å². The van der Waals surface area contributed by atoms with E-state index in [1.165, 1.54) is 17.5 Å². The predicted octanol–water partition coefficient (Wildman–Crippen LogP) is 2.20. The van der Waals surface area contributed by atoms with Crippen molar-refractivity contribution in [1.29, 1.82) is 0 Å². The minimum atomic E-state index is -0.211. The van der Waals surface area contributed by atoms with Crippen LogP contribution < -0.4 is 10.9 Å². The lowest BCUT2D eigenvalue weighted by molar-refractivity contribution is 0.277. The van der Waals surface area contributed by atoms with Crippen molar-refractivity contribution < 1.29 is 0 Å². The number of hydrogen-bond donors (Lipinski definition) is 1. The van der Waals surface area contributed by atoms with Gasteiger partial charge in [0.15, 0.2) is 0 Å². The number of aromatic nitrogens is 2. The molecule has 1 fully saturated rings. The van der Waals surface area contributed by atoms with Crippen molar-refractivity contribution in [3.05, 3.63) is 21.6 Å². The van der Waals surface area contributed by atoms with Gasteiger partial charge in [-0.25, -0.2) is 4.68 Å². The number of hydrogen-bond acceptors (Lipinski definition) is 4. The topological polar surface area (TPSA) is 50.2 Å². The first-order valence-corrected chi connectivity index (χ1v) is 7.78. The van der Waals surface area contributed by atoms with Crippen molar-refractivity contribution in [2.24, 2.45) is 0 Å². The van der Waals surface area contributed by atoms with E-state index in [0.717, 1.165) is 26.1 Å². The molecule has 0 bridgehead atoms. The highest BCUT2D eigenvalue weighted by Crippen LogP contribution is 2.19. The summed E-state index contributed by atoms with van der Waals surface area (Å²) >= 11 is 6.14. The highest BCUT2D eigenvalue weighted by Gasteiger charge is 2.22. The fraction of sp³-hybridized carbons (Fsp3) is 0.714. The number of nitrogens with one attached hydrogen (secondary N) is 1. The summed E-state index contributed by atoms with van der Waals surface area (Å²) in [4.78, 5) is 14.5. The summed E-state index contributed by atoms with van der Waals surface area (Å²) in [6.07, 6.45) is 4.96. The van der Waals surface area contributed by atoms with E-state index in [1.54, 1.807) is 6.20 Å². The molecule has 0 aromatic carbocycles. The Balaban J connectivity index is 2.03. The van der Waals surface area contributed by atoms with Gasteiger partial charge in [0.1, 0.15) is 5.02 Å². The van der Waals surface area contributed by atoms with Gasteiger partial charge in [-0.15, -0.1) is 0 Å². The average molecular weight is 299 g/mol. The van der Waals surface area contributed by atoms with E-state index in [0.29, 0.717) is 18.3 Å². The van der Waals surface area contributed by atoms with Gasteiger partial charge in [0, 0.05) is 19.1 Å². The summed E-state index contributed by atoms with van der Waals surface area (Å²) in [6.45, 7) is 7.83. The predicted molar refractivity (Wildman–Crippen MR) is 82.6 cm³/mol. The van der Waals surface area contributed by atoms with Gasteiger partial charge in [-0.1, -0.05) is 25.4 Å². The van der Waals surface area contributed by atoms with Crippen molar-refractivity contribution in [1.82, 2.24) is 14.7 Å². The van der Waals surface area contributed by atoms with Crippen LogP contribution >= 0.6 is 11.6 Å². The number of halogens is 1. The molecule has 112 valence electrons. The molecule has 0 saturated carbocycles. The van der Waals surface area contributed by atoms with Crippen LogP contribution in [-0.4, -0.2) is 40.4 Å². The van der Waals surface area contributed by atoms with Crippen LogP contribution in [0.25, 0.3) is 0 Å². The molecule has 0 amide bonds. The normalized spacial score (nSPS) is 19.4. The second kappa shape index (κ2) is 7.09. The van der Waals surface area contributed by atoms with E-state index < -0.39 is 0 Å². The molecule has 20 heavy (non-hydrogen) atoms. The van der Waals surface area contributed by atoms with Crippen molar-refractivity contribution >= 4 is 17.3 Å². The number of rotatable bonds is 6. The van der Waals surface area contributed by atoms with E-state index >= 15 is 0 Å². The van der Waals surface area contributed by atoms with E-state index in [-0.39, 0.29) is 10.6 Å². The molecule has 2 rings (SSSR count).